The molecule has 0 aliphatic heterocycles. The number of hydrogen-bond acceptors (Lipinski definition) is 7. The highest BCUT2D eigenvalue weighted by Crippen LogP contribution is 2.27. The van der Waals surface area contributed by atoms with Crippen LogP contribution in [-0.2, 0) is 9.53 Å². The molecule has 0 spiro atoms. The first-order valence-electron chi connectivity index (χ1n) is 7.19. The molecule has 0 unspecified atom stereocenters. The number of nitrogens with one attached hydrogen (secondary N) is 1. The second kappa shape index (κ2) is 7.82. The average molecular weight is 372 g/mol. The first-order chi connectivity index (χ1) is 12.1. The molecule has 6 nitrogen and oxygen atoms in total. The van der Waals surface area contributed by atoms with Crippen LogP contribution in [0.5, 0.6) is 0 Å². The standard InChI is InChI=1S/C17H12N2O4S2/c20-14(19-15(21)11-5-2-1-3-6-11)9-23-17(22)12-10-25-16(18-12)13-7-4-8-24-13/h1-8,10H,9H2,(H,19,20,21). The predicted octanol–water partition coefficient (Wildman–Crippen LogP) is 2.99. The van der Waals surface area contributed by atoms with Gasteiger partial charge in [0.1, 0.15) is 5.01 Å². The van der Waals surface area contributed by atoms with E-state index in [-0.39, 0.29) is 5.69 Å². The molecule has 0 aliphatic carbocycles. The van der Waals surface area contributed by atoms with Gasteiger partial charge in [0.15, 0.2) is 12.3 Å². The molecule has 3 rings (SSSR count). The lowest BCUT2D eigenvalue weighted by molar-refractivity contribution is -0.123. The zero-order valence-electron chi connectivity index (χ0n) is 12.8. The number of benzene rings is 1. The third-order valence-electron chi connectivity index (χ3n) is 3.07. The summed E-state index contributed by atoms with van der Waals surface area (Å²) in [5.41, 5.74) is 0.484. The van der Waals surface area contributed by atoms with E-state index in [4.69, 9.17) is 4.74 Å². The summed E-state index contributed by atoms with van der Waals surface area (Å²) in [6, 6.07) is 12.1. The molecule has 0 radical (unpaired) electrons. The molecular weight excluding hydrogens is 360 g/mol. The fourth-order valence-corrected chi connectivity index (χ4v) is 3.51. The lowest BCUT2D eigenvalue weighted by atomic mass is 10.2. The van der Waals surface area contributed by atoms with Gasteiger partial charge in [0.2, 0.25) is 0 Å². The van der Waals surface area contributed by atoms with Gasteiger partial charge in [-0.3, -0.25) is 14.9 Å². The smallest absolute Gasteiger partial charge is 0.358 e. The number of hydrogen-bond donors (Lipinski definition) is 1. The van der Waals surface area contributed by atoms with Gasteiger partial charge in [-0.2, -0.15) is 0 Å². The normalized spacial score (nSPS) is 10.2. The van der Waals surface area contributed by atoms with E-state index in [9.17, 15) is 14.4 Å². The fraction of sp³-hybridized carbons (Fsp3) is 0.0588. The van der Waals surface area contributed by atoms with Crippen molar-refractivity contribution in [3.8, 4) is 9.88 Å². The molecule has 2 amide bonds. The number of amides is 2. The molecule has 0 saturated heterocycles. The van der Waals surface area contributed by atoms with E-state index >= 15 is 0 Å². The quantitative estimate of drug-likeness (QED) is 0.696. The Morgan fingerprint density at radius 2 is 1.84 bits per heavy atom. The van der Waals surface area contributed by atoms with Crippen LogP contribution in [0.2, 0.25) is 0 Å². The van der Waals surface area contributed by atoms with Crippen molar-refractivity contribution in [3.05, 3.63) is 64.5 Å². The van der Waals surface area contributed by atoms with E-state index in [2.05, 4.69) is 10.3 Å². The van der Waals surface area contributed by atoms with Crippen LogP contribution >= 0.6 is 22.7 Å². The van der Waals surface area contributed by atoms with Gasteiger partial charge in [-0.15, -0.1) is 22.7 Å². The summed E-state index contributed by atoms with van der Waals surface area (Å²) in [7, 11) is 0. The fourth-order valence-electron chi connectivity index (χ4n) is 1.91. The molecule has 2 aromatic heterocycles. The Kier molecular flexibility index (Phi) is 5.32. The Bertz CT molecular complexity index is 889. The van der Waals surface area contributed by atoms with E-state index in [1.165, 1.54) is 22.7 Å². The maximum Gasteiger partial charge on any atom is 0.358 e. The SMILES string of the molecule is O=C(COC(=O)c1csc(-c2cccs2)n1)NC(=O)c1ccccc1. The number of carbonyl (C=O) groups excluding carboxylic acids is 3. The van der Waals surface area contributed by atoms with Crippen LogP contribution in [0, 0.1) is 0 Å². The summed E-state index contributed by atoms with van der Waals surface area (Å²) in [6.45, 7) is -0.552. The molecule has 0 aliphatic rings. The van der Waals surface area contributed by atoms with Gasteiger partial charge in [0, 0.05) is 10.9 Å². The molecule has 8 heteroatoms. The molecular formula is C17H12N2O4S2. The van der Waals surface area contributed by atoms with Crippen LogP contribution in [0.15, 0.2) is 53.2 Å². The topological polar surface area (TPSA) is 85.4 Å². The summed E-state index contributed by atoms with van der Waals surface area (Å²) in [5.74, 6) is -1.95. The zero-order chi connectivity index (χ0) is 17.6. The molecule has 25 heavy (non-hydrogen) atoms. The van der Waals surface area contributed by atoms with Crippen molar-refractivity contribution in [2.75, 3.05) is 6.61 Å². The molecule has 2 heterocycles. The van der Waals surface area contributed by atoms with Crippen molar-refractivity contribution in [1.82, 2.24) is 10.3 Å². The second-order valence-corrected chi connectivity index (χ2v) is 6.64. The van der Waals surface area contributed by atoms with Gasteiger partial charge >= 0.3 is 5.97 Å². The Morgan fingerprint density at radius 3 is 2.56 bits per heavy atom. The minimum absolute atomic E-state index is 0.135. The van der Waals surface area contributed by atoms with E-state index in [0.717, 1.165) is 4.88 Å². The monoisotopic (exact) mass is 372 g/mol. The molecule has 126 valence electrons. The molecule has 1 aromatic carbocycles. The number of nitrogens with zero attached hydrogens (tertiary/aromatic N) is 1. The maximum absolute atomic E-state index is 11.9. The Labute approximate surface area is 151 Å². The largest absolute Gasteiger partial charge is 0.451 e. The third-order valence-corrected chi connectivity index (χ3v) is 4.95. The minimum Gasteiger partial charge on any atom is -0.451 e. The number of esters is 1. The van der Waals surface area contributed by atoms with E-state index in [0.29, 0.717) is 10.6 Å². The number of imide groups is 1. The van der Waals surface area contributed by atoms with Crippen LogP contribution in [-0.4, -0.2) is 29.4 Å². The zero-order valence-corrected chi connectivity index (χ0v) is 14.4. The van der Waals surface area contributed by atoms with Crippen molar-refractivity contribution < 1.29 is 19.1 Å². The van der Waals surface area contributed by atoms with Gasteiger partial charge < -0.3 is 4.74 Å². The molecule has 3 aromatic rings. The van der Waals surface area contributed by atoms with Gasteiger partial charge in [0.05, 0.1) is 4.88 Å². The van der Waals surface area contributed by atoms with E-state index in [1.54, 1.807) is 35.7 Å². The van der Waals surface area contributed by atoms with Gasteiger partial charge in [-0.1, -0.05) is 24.3 Å². The van der Waals surface area contributed by atoms with Crippen molar-refractivity contribution in [2.24, 2.45) is 0 Å². The Hall–Kier alpha value is -2.84. The highest BCUT2D eigenvalue weighted by atomic mass is 32.1. The number of carbonyl (C=O) groups is 3. The summed E-state index contributed by atoms with van der Waals surface area (Å²) in [6.07, 6.45) is 0. The van der Waals surface area contributed by atoms with Gasteiger partial charge in [0.25, 0.3) is 11.8 Å². The van der Waals surface area contributed by atoms with Crippen LogP contribution in [0.25, 0.3) is 9.88 Å². The molecule has 1 N–H and O–H groups in total. The van der Waals surface area contributed by atoms with Gasteiger partial charge in [-0.05, 0) is 23.6 Å². The third kappa shape index (κ3) is 4.37. The van der Waals surface area contributed by atoms with E-state index < -0.39 is 24.4 Å². The minimum atomic E-state index is -0.707. The van der Waals surface area contributed by atoms with E-state index in [1.807, 2.05) is 17.5 Å². The van der Waals surface area contributed by atoms with Crippen LogP contribution in [0.3, 0.4) is 0 Å². The van der Waals surface area contributed by atoms with Crippen LogP contribution in [0.1, 0.15) is 20.8 Å². The first kappa shape index (κ1) is 17.0. The average Bonchev–Trinajstić information content (AvgIpc) is 3.31. The van der Waals surface area contributed by atoms with Crippen molar-refractivity contribution in [3.63, 3.8) is 0 Å². The lowest BCUT2D eigenvalue weighted by Crippen LogP contribution is -2.34. The Morgan fingerprint density at radius 1 is 1.04 bits per heavy atom. The highest BCUT2D eigenvalue weighted by Gasteiger charge is 2.16. The number of thiophene rings is 1. The summed E-state index contributed by atoms with van der Waals surface area (Å²) >= 11 is 2.84. The van der Waals surface area contributed by atoms with Crippen molar-refractivity contribution in [2.45, 2.75) is 0 Å². The second-order valence-electron chi connectivity index (χ2n) is 4.83. The first-order valence-corrected chi connectivity index (χ1v) is 8.95. The number of thiazole rings is 1. The molecule has 0 bridgehead atoms. The predicted molar refractivity (Wildman–Crippen MR) is 94.6 cm³/mol. The summed E-state index contributed by atoms with van der Waals surface area (Å²) in [4.78, 5) is 40.6. The number of rotatable bonds is 5. The molecule has 0 saturated carbocycles. The summed E-state index contributed by atoms with van der Waals surface area (Å²) in [5, 5.41) is 6.37. The highest BCUT2D eigenvalue weighted by molar-refractivity contribution is 7.20. The lowest BCUT2D eigenvalue weighted by Gasteiger charge is -2.04. The Balaban J connectivity index is 1.52. The number of ether oxygens (including phenoxy) is 1. The van der Waals surface area contributed by atoms with Crippen molar-refractivity contribution in [1.29, 1.82) is 0 Å². The van der Waals surface area contributed by atoms with Crippen molar-refractivity contribution >= 4 is 40.5 Å². The van der Waals surface area contributed by atoms with Gasteiger partial charge in [-0.25, -0.2) is 9.78 Å². The van der Waals surface area contributed by atoms with Crippen LogP contribution in [0.4, 0.5) is 0 Å². The summed E-state index contributed by atoms with van der Waals surface area (Å²) < 4.78 is 4.90. The molecule has 0 fully saturated rings. The van der Waals surface area contributed by atoms with Crippen LogP contribution < -0.4 is 5.32 Å². The number of aromatic nitrogens is 1. The molecule has 0 atom stereocenters. The maximum atomic E-state index is 11.9.